The largest absolute Gasteiger partial charge is 0.377 e. The monoisotopic (exact) mass is 334 g/mol. The van der Waals surface area contributed by atoms with E-state index < -0.39 is 4.92 Å². The number of nitro groups is 1. The topological polar surface area (TPSA) is 55.2 Å². The minimum atomic E-state index is -0.393. The van der Waals surface area contributed by atoms with E-state index in [2.05, 4.69) is 40.3 Å². The predicted octanol–water partition coefficient (Wildman–Crippen LogP) is 4.84. The average molecular weight is 335 g/mol. The summed E-state index contributed by atoms with van der Waals surface area (Å²) in [5, 5.41) is 14.1. The number of hydrogen-bond donors (Lipinski definition) is 1. The second-order valence-electron chi connectivity index (χ2n) is 4.64. The first-order valence-electron chi connectivity index (χ1n) is 6.25. The van der Waals surface area contributed by atoms with E-state index in [4.69, 9.17) is 0 Å². The molecule has 0 spiro atoms. The lowest BCUT2D eigenvalue weighted by Gasteiger charge is -2.18. The first-order valence-corrected chi connectivity index (χ1v) is 7.04. The van der Waals surface area contributed by atoms with Gasteiger partial charge in [-0.2, -0.15) is 0 Å². The van der Waals surface area contributed by atoms with Crippen molar-refractivity contribution in [3.05, 3.63) is 68.2 Å². The fraction of sp³-hybridized carbons (Fsp3) is 0.200. The highest BCUT2D eigenvalue weighted by atomic mass is 79.9. The van der Waals surface area contributed by atoms with Crippen LogP contribution in [0.5, 0.6) is 0 Å². The molecule has 0 fully saturated rings. The number of benzene rings is 2. The van der Waals surface area contributed by atoms with Gasteiger partial charge in [0.1, 0.15) is 0 Å². The highest BCUT2D eigenvalue weighted by Gasteiger charge is 2.13. The van der Waals surface area contributed by atoms with Gasteiger partial charge in [-0.3, -0.25) is 10.1 Å². The van der Waals surface area contributed by atoms with Crippen molar-refractivity contribution < 1.29 is 4.92 Å². The quantitative estimate of drug-likeness (QED) is 0.642. The van der Waals surface area contributed by atoms with E-state index in [1.807, 2.05) is 19.1 Å². The molecule has 0 aliphatic carbocycles. The Balaban J connectivity index is 2.28. The Hall–Kier alpha value is -1.88. The molecule has 4 nitrogen and oxygen atoms in total. The minimum Gasteiger partial charge on any atom is -0.377 e. The van der Waals surface area contributed by atoms with Gasteiger partial charge in [-0.15, -0.1) is 0 Å². The number of hydrogen-bond acceptors (Lipinski definition) is 3. The van der Waals surface area contributed by atoms with Crippen LogP contribution in [0.1, 0.15) is 24.1 Å². The third kappa shape index (κ3) is 3.17. The molecule has 2 aromatic rings. The molecule has 0 saturated heterocycles. The number of non-ortho nitro benzene ring substituents is 1. The predicted molar refractivity (Wildman–Crippen MR) is 84.0 cm³/mol. The van der Waals surface area contributed by atoms with E-state index in [1.54, 1.807) is 12.1 Å². The number of aryl methyl sites for hydroxylation is 1. The van der Waals surface area contributed by atoms with Crippen LogP contribution in [0, 0.1) is 17.0 Å². The Morgan fingerprint density at radius 2 is 1.95 bits per heavy atom. The van der Waals surface area contributed by atoms with Gasteiger partial charge in [0, 0.05) is 22.6 Å². The molecule has 0 bridgehead atoms. The zero-order valence-corrected chi connectivity index (χ0v) is 12.8. The molecule has 20 heavy (non-hydrogen) atoms. The summed E-state index contributed by atoms with van der Waals surface area (Å²) in [6.45, 7) is 4.09. The second-order valence-corrected chi connectivity index (χ2v) is 5.50. The molecule has 0 aliphatic heterocycles. The molecule has 0 aliphatic rings. The van der Waals surface area contributed by atoms with Crippen LogP contribution < -0.4 is 5.32 Å². The third-order valence-corrected chi connectivity index (χ3v) is 3.88. The van der Waals surface area contributed by atoms with Gasteiger partial charge >= 0.3 is 0 Å². The first-order chi connectivity index (χ1) is 9.49. The maximum atomic E-state index is 10.8. The number of nitrogens with one attached hydrogen (secondary N) is 1. The van der Waals surface area contributed by atoms with Crippen molar-refractivity contribution >= 4 is 27.3 Å². The van der Waals surface area contributed by atoms with E-state index in [0.29, 0.717) is 0 Å². The summed E-state index contributed by atoms with van der Waals surface area (Å²) in [4.78, 5) is 10.4. The average Bonchev–Trinajstić information content (AvgIpc) is 2.41. The molecule has 2 aromatic carbocycles. The fourth-order valence-corrected chi connectivity index (χ4v) is 2.48. The van der Waals surface area contributed by atoms with Crippen LogP contribution in [-0.4, -0.2) is 4.92 Å². The van der Waals surface area contributed by atoms with Crippen LogP contribution in [-0.2, 0) is 0 Å². The SMILES string of the molecule is Cc1ccccc1C(C)Nc1cc([N+](=O)[O-])ccc1Br. The number of anilines is 1. The van der Waals surface area contributed by atoms with E-state index in [-0.39, 0.29) is 11.7 Å². The summed E-state index contributed by atoms with van der Waals surface area (Å²) >= 11 is 3.41. The van der Waals surface area contributed by atoms with Crippen LogP contribution in [0.15, 0.2) is 46.9 Å². The Morgan fingerprint density at radius 1 is 1.25 bits per heavy atom. The Bertz CT molecular complexity index is 644. The summed E-state index contributed by atoms with van der Waals surface area (Å²) < 4.78 is 0.809. The molecule has 104 valence electrons. The van der Waals surface area contributed by atoms with Crippen LogP contribution in [0.2, 0.25) is 0 Å². The van der Waals surface area contributed by atoms with Crippen molar-refractivity contribution in [1.29, 1.82) is 0 Å². The van der Waals surface area contributed by atoms with Crippen LogP contribution in [0.4, 0.5) is 11.4 Å². The van der Waals surface area contributed by atoms with E-state index >= 15 is 0 Å². The van der Waals surface area contributed by atoms with Gasteiger partial charge < -0.3 is 5.32 Å². The Labute approximate surface area is 126 Å². The lowest BCUT2D eigenvalue weighted by molar-refractivity contribution is -0.384. The molecule has 0 saturated carbocycles. The number of nitro benzene ring substituents is 1. The minimum absolute atomic E-state index is 0.0644. The molecule has 2 rings (SSSR count). The van der Waals surface area contributed by atoms with Crippen molar-refractivity contribution in [3.63, 3.8) is 0 Å². The third-order valence-electron chi connectivity index (χ3n) is 3.19. The van der Waals surface area contributed by atoms with E-state index in [9.17, 15) is 10.1 Å². The van der Waals surface area contributed by atoms with Gasteiger partial charge in [0.05, 0.1) is 10.6 Å². The molecule has 1 atom stereocenters. The summed E-state index contributed by atoms with van der Waals surface area (Å²) in [5.74, 6) is 0. The Morgan fingerprint density at radius 3 is 2.60 bits per heavy atom. The van der Waals surface area contributed by atoms with E-state index in [0.717, 1.165) is 10.2 Å². The van der Waals surface area contributed by atoms with Crippen molar-refractivity contribution in [1.82, 2.24) is 0 Å². The van der Waals surface area contributed by atoms with Crippen LogP contribution in [0.3, 0.4) is 0 Å². The Kier molecular flexibility index (Phi) is 4.39. The second kappa shape index (κ2) is 6.05. The maximum absolute atomic E-state index is 10.8. The molecule has 0 radical (unpaired) electrons. The molecule has 0 heterocycles. The summed E-state index contributed by atoms with van der Waals surface area (Å²) in [6, 6.07) is 12.9. The lowest BCUT2D eigenvalue weighted by Crippen LogP contribution is -2.08. The van der Waals surface area contributed by atoms with E-state index in [1.165, 1.54) is 17.2 Å². The maximum Gasteiger partial charge on any atom is 0.271 e. The normalized spacial score (nSPS) is 11.9. The molecule has 1 N–H and O–H groups in total. The molecule has 5 heteroatoms. The summed E-state index contributed by atoms with van der Waals surface area (Å²) in [7, 11) is 0. The smallest absolute Gasteiger partial charge is 0.271 e. The van der Waals surface area contributed by atoms with Gasteiger partial charge in [0.25, 0.3) is 5.69 Å². The first kappa shape index (κ1) is 14.5. The highest BCUT2D eigenvalue weighted by Crippen LogP contribution is 2.30. The van der Waals surface area contributed by atoms with Crippen molar-refractivity contribution in [3.8, 4) is 0 Å². The highest BCUT2D eigenvalue weighted by molar-refractivity contribution is 9.10. The zero-order chi connectivity index (χ0) is 14.7. The van der Waals surface area contributed by atoms with Gasteiger partial charge in [-0.05, 0) is 47.0 Å². The molecular formula is C15H15BrN2O2. The number of nitrogens with zero attached hydrogens (tertiary/aromatic N) is 1. The van der Waals surface area contributed by atoms with Crippen LogP contribution >= 0.6 is 15.9 Å². The van der Waals surface area contributed by atoms with Crippen LogP contribution in [0.25, 0.3) is 0 Å². The molecule has 1 unspecified atom stereocenters. The summed E-state index contributed by atoms with van der Waals surface area (Å²) in [6.07, 6.45) is 0. The summed E-state index contributed by atoms with van der Waals surface area (Å²) in [5.41, 5.74) is 3.16. The van der Waals surface area contributed by atoms with Crippen molar-refractivity contribution in [2.75, 3.05) is 5.32 Å². The zero-order valence-electron chi connectivity index (χ0n) is 11.3. The van der Waals surface area contributed by atoms with Crippen molar-refractivity contribution in [2.45, 2.75) is 19.9 Å². The van der Waals surface area contributed by atoms with Gasteiger partial charge in [-0.25, -0.2) is 0 Å². The van der Waals surface area contributed by atoms with Gasteiger partial charge in [0.2, 0.25) is 0 Å². The van der Waals surface area contributed by atoms with Gasteiger partial charge in [-0.1, -0.05) is 24.3 Å². The molecule has 0 amide bonds. The fourth-order valence-electron chi connectivity index (χ4n) is 2.12. The molecular weight excluding hydrogens is 320 g/mol. The number of rotatable bonds is 4. The van der Waals surface area contributed by atoms with Gasteiger partial charge in [0.15, 0.2) is 0 Å². The standard InChI is InChI=1S/C15H15BrN2O2/c1-10-5-3-4-6-13(10)11(2)17-15-9-12(18(19)20)7-8-14(15)16/h3-9,11,17H,1-2H3. The van der Waals surface area contributed by atoms with Crippen molar-refractivity contribution in [2.24, 2.45) is 0 Å². The lowest BCUT2D eigenvalue weighted by atomic mass is 10.0. The number of halogens is 1. The molecule has 0 aromatic heterocycles.